The number of anilines is 1. The van der Waals surface area contributed by atoms with Crippen LogP contribution in [0.15, 0.2) is 18.2 Å². The SMILES string of the molecule is CC(O)C1CCN(c2cccc(F)c2C=O)CC1. The van der Waals surface area contributed by atoms with E-state index in [1.165, 1.54) is 6.07 Å². The van der Waals surface area contributed by atoms with E-state index in [1.807, 2.05) is 4.90 Å². The van der Waals surface area contributed by atoms with E-state index < -0.39 is 5.82 Å². The van der Waals surface area contributed by atoms with E-state index in [0.717, 1.165) is 25.9 Å². The Morgan fingerprint density at radius 3 is 2.67 bits per heavy atom. The van der Waals surface area contributed by atoms with Crippen molar-refractivity contribution in [3.63, 3.8) is 0 Å². The van der Waals surface area contributed by atoms with Gasteiger partial charge >= 0.3 is 0 Å². The van der Waals surface area contributed by atoms with Crippen LogP contribution in [-0.4, -0.2) is 30.6 Å². The van der Waals surface area contributed by atoms with Gasteiger partial charge in [0, 0.05) is 13.1 Å². The molecule has 4 heteroatoms. The lowest BCUT2D eigenvalue weighted by Gasteiger charge is -2.35. The number of halogens is 1. The quantitative estimate of drug-likeness (QED) is 0.837. The molecule has 1 atom stereocenters. The summed E-state index contributed by atoms with van der Waals surface area (Å²) < 4.78 is 13.5. The normalized spacial score (nSPS) is 18.7. The predicted molar refractivity (Wildman–Crippen MR) is 68.4 cm³/mol. The molecule has 1 fully saturated rings. The Hall–Kier alpha value is -1.42. The molecule has 2 rings (SSSR count). The number of carbonyl (C=O) groups is 1. The standard InChI is InChI=1S/C14H18FNO2/c1-10(18)11-5-7-16(8-6-11)14-4-2-3-13(15)12(14)9-17/h2-4,9-11,18H,5-8H2,1H3. The Bertz CT molecular complexity index is 426. The van der Waals surface area contributed by atoms with Gasteiger partial charge in [0.2, 0.25) is 0 Å². The first-order valence-electron chi connectivity index (χ1n) is 6.30. The third kappa shape index (κ3) is 2.53. The number of aliphatic hydroxyl groups excluding tert-OH is 1. The lowest BCUT2D eigenvalue weighted by atomic mass is 9.91. The van der Waals surface area contributed by atoms with Crippen molar-refractivity contribution < 1.29 is 14.3 Å². The summed E-state index contributed by atoms with van der Waals surface area (Å²) >= 11 is 0. The van der Waals surface area contributed by atoms with Crippen molar-refractivity contribution in [2.45, 2.75) is 25.9 Å². The Kier molecular flexibility index (Phi) is 3.97. The smallest absolute Gasteiger partial charge is 0.155 e. The van der Waals surface area contributed by atoms with Gasteiger partial charge in [-0.25, -0.2) is 4.39 Å². The largest absolute Gasteiger partial charge is 0.393 e. The maximum Gasteiger partial charge on any atom is 0.155 e. The van der Waals surface area contributed by atoms with Gasteiger partial charge in [0.1, 0.15) is 5.82 Å². The molecule has 1 aromatic carbocycles. The molecule has 0 aromatic heterocycles. The second-order valence-corrected chi connectivity index (χ2v) is 4.86. The topological polar surface area (TPSA) is 40.5 Å². The van der Waals surface area contributed by atoms with Gasteiger partial charge in [0.25, 0.3) is 0 Å². The molecule has 98 valence electrons. The molecule has 1 aliphatic rings. The third-order valence-corrected chi connectivity index (χ3v) is 3.71. The van der Waals surface area contributed by atoms with Gasteiger partial charge in [0.15, 0.2) is 6.29 Å². The van der Waals surface area contributed by atoms with E-state index in [4.69, 9.17) is 0 Å². The molecule has 1 N–H and O–H groups in total. The van der Waals surface area contributed by atoms with Crippen molar-refractivity contribution in [2.75, 3.05) is 18.0 Å². The van der Waals surface area contributed by atoms with E-state index in [2.05, 4.69) is 0 Å². The molecule has 1 heterocycles. The highest BCUT2D eigenvalue weighted by molar-refractivity contribution is 5.85. The second kappa shape index (κ2) is 5.48. The van der Waals surface area contributed by atoms with Crippen molar-refractivity contribution >= 4 is 12.0 Å². The minimum absolute atomic E-state index is 0.132. The summed E-state index contributed by atoms with van der Waals surface area (Å²) in [6.45, 7) is 3.30. The van der Waals surface area contributed by atoms with Crippen LogP contribution in [0.25, 0.3) is 0 Å². The molecule has 0 bridgehead atoms. The van der Waals surface area contributed by atoms with Crippen LogP contribution in [0.5, 0.6) is 0 Å². The molecular weight excluding hydrogens is 233 g/mol. The molecule has 1 aromatic rings. The first-order valence-corrected chi connectivity index (χ1v) is 6.30. The summed E-state index contributed by atoms with van der Waals surface area (Å²) in [6, 6.07) is 4.70. The highest BCUT2D eigenvalue weighted by atomic mass is 19.1. The van der Waals surface area contributed by atoms with Gasteiger partial charge in [0.05, 0.1) is 17.4 Å². The summed E-state index contributed by atoms with van der Waals surface area (Å²) in [4.78, 5) is 13.0. The Balaban J connectivity index is 2.15. The molecule has 1 saturated heterocycles. The molecule has 0 spiro atoms. The number of benzene rings is 1. The minimum atomic E-state index is -0.472. The maximum absolute atomic E-state index is 13.5. The Labute approximate surface area is 106 Å². The monoisotopic (exact) mass is 251 g/mol. The van der Waals surface area contributed by atoms with E-state index in [-0.39, 0.29) is 11.7 Å². The van der Waals surface area contributed by atoms with Crippen LogP contribution in [0.4, 0.5) is 10.1 Å². The zero-order valence-electron chi connectivity index (χ0n) is 10.5. The van der Waals surface area contributed by atoms with Crippen molar-refractivity contribution in [1.82, 2.24) is 0 Å². The minimum Gasteiger partial charge on any atom is -0.393 e. The zero-order chi connectivity index (χ0) is 13.1. The van der Waals surface area contributed by atoms with Crippen LogP contribution in [0.2, 0.25) is 0 Å². The van der Waals surface area contributed by atoms with Gasteiger partial charge in [-0.15, -0.1) is 0 Å². The summed E-state index contributed by atoms with van der Waals surface area (Å²) in [5, 5.41) is 9.54. The first-order chi connectivity index (χ1) is 8.63. The molecule has 18 heavy (non-hydrogen) atoms. The first kappa shape index (κ1) is 13.0. The van der Waals surface area contributed by atoms with Crippen molar-refractivity contribution in [3.8, 4) is 0 Å². The van der Waals surface area contributed by atoms with E-state index >= 15 is 0 Å². The third-order valence-electron chi connectivity index (χ3n) is 3.71. The number of nitrogens with zero attached hydrogens (tertiary/aromatic N) is 1. The van der Waals surface area contributed by atoms with Gasteiger partial charge in [-0.05, 0) is 37.8 Å². The fraction of sp³-hybridized carbons (Fsp3) is 0.500. The fourth-order valence-corrected chi connectivity index (χ4v) is 2.54. The number of rotatable bonds is 3. The lowest BCUT2D eigenvalue weighted by molar-refractivity contribution is 0.109. The number of aliphatic hydroxyl groups is 1. The van der Waals surface area contributed by atoms with Gasteiger partial charge < -0.3 is 10.0 Å². The summed E-state index contributed by atoms with van der Waals surface area (Å²) in [5.41, 5.74) is 0.794. The molecule has 0 aliphatic carbocycles. The van der Waals surface area contributed by atoms with Gasteiger partial charge in [-0.1, -0.05) is 6.07 Å². The van der Waals surface area contributed by atoms with Crippen LogP contribution in [0, 0.1) is 11.7 Å². The fourth-order valence-electron chi connectivity index (χ4n) is 2.54. The average molecular weight is 251 g/mol. The van der Waals surface area contributed by atoms with Crippen LogP contribution in [0.3, 0.4) is 0 Å². The van der Waals surface area contributed by atoms with Crippen LogP contribution >= 0.6 is 0 Å². The summed E-state index contributed by atoms with van der Waals surface area (Å²) in [7, 11) is 0. The molecule has 1 unspecified atom stereocenters. The Morgan fingerprint density at radius 2 is 2.11 bits per heavy atom. The van der Waals surface area contributed by atoms with Gasteiger partial charge in [-0.3, -0.25) is 4.79 Å². The molecule has 3 nitrogen and oxygen atoms in total. The van der Waals surface area contributed by atoms with Gasteiger partial charge in [-0.2, -0.15) is 0 Å². The number of aldehydes is 1. The lowest BCUT2D eigenvalue weighted by Crippen LogP contribution is -2.37. The second-order valence-electron chi connectivity index (χ2n) is 4.86. The number of piperidine rings is 1. The number of hydrogen-bond acceptors (Lipinski definition) is 3. The molecule has 1 aliphatic heterocycles. The Morgan fingerprint density at radius 1 is 1.44 bits per heavy atom. The van der Waals surface area contributed by atoms with Crippen LogP contribution in [-0.2, 0) is 0 Å². The van der Waals surface area contributed by atoms with Crippen molar-refractivity contribution in [2.24, 2.45) is 5.92 Å². The van der Waals surface area contributed by atoms with E-state index in [9.17, 15) is 14.3 Å². The molecular formula is C14H18FNO2. The van der Waals surface area contributed by atoms with Crippen LogP contribution < -0.4 is 4.90 Å². The van der Waals surface area contributed by atoms with Crippen molar-refractivity contribution in [3.05, 3.63) is 29.6 Å². The summed E-state index contributed by atoms with van der Waals surface area (Å²) in [5.74, 6) is -0.172. The van der Waals surface area contributed by atoms with Crippen molar-refractivity contribution in [1.29, 1.82) is 0 Å². The average Bonchev–Trinajstić information content (AvgIpc) is 2.38. The zero-order valence-corrected chi connectivity index (χ0v) is 10.5. The number of carbonyl (C=O) groups excluding carboxylic acids is 1. The molecule has 0 saturated carbocycles. The number of hydrogen-bond donors (Lipinski definition) is 1. The van der Waals surface area contributed by atoms with E-state index in [1.54, 1.807) is 19.1 Å². The molecule has 0 amide bonds. The summed E-state index contributed by atoms with van der Waals surface area (Å²) in [6.07, 6.45) is 2.01. The molecule has 0 radical (unpaired) electrons. The highest BCUT2D eigenvalue weighted by Gasteiger charge is 2.24. The van der Waals surface area contributed by atoms with Crippen LogP contribution in [0.1, 0.15) is 30.1 Å². The highest BCUT2D eigenvalue weighted by Crippen LogP contribution is 2.28. The maximum atomic E-state index is 13.5. The van der Waals surface area contributed by atoms with E-state index in [0.29, 0.717) is 17.9 Å². The predicted octanol–water partition coefficient (Wildman–Crippen LogP) is 2.24.